The number of carbonyl (C=O) groups is 1. The van der Waals surface area contributed by atoms with E-state index in [1.165, 1.54) is 11.8 Å². The summed E-state index contributed by atoms with van der Waals surface area (Å²) in [6, 6.07) is 17.4. The van der Waals surface area contributed by atoms with Crippen molar-refractivity contribution in [3.8, 4) is 5.75 Å². The molecule has 0 saturated heterocycles. The summed E-state index contributed by atoms with van der Waals surface area (Å²) in [5.41, 5.74) is 0.595. The van der Waals surface area contributed by atoms with Gasteiger partial charge in [-0.1, -0.05) is 48.2 Å². The summed E-state index contributed by atoms with van der Waals surface area (Å²) >= 11 is 1.42. The summed E-state index contributed by atoms with van der Waals surface area (Å²) in [6.07, 6.45) is 0. The Labute approximate surface area is 163 Å². The standard InChI is InChI=1S/C21H23N3O2S/c1-21(2,3)24-19(25)14-27-20-16-11-7-8-12-17(16)22-18(23-20)13-26-15-9-5-4-6-10-15/h4-12H,13-14H2,1-3H3,(H,24,25). The molecule has 0 aliphatic heterocycles. The van der Waals surface area contributed by atoms with E-state index in [0.717, 1.165) is 21.7 Å². The second kappa shape index (κ2) is 8.39. The van der Waals surface area contributed by atoms with Gasteiger partial charge in [0.15, 0.2) is 5.82 Å². The van der Waals surface area contributed by atoms with E-state index in [-0.39, 0.29) is 18.1 Å². The molecular weight excluding hydrogens is 358 g/mol. The maximum Gasteiger partial charge on any atom is 0.230 e. The van der Waals surface area contributed by atoms with Gasteiger partial charge in [-0.05, 0) is 39.0 Å². The first kappa shape index (κ1) is 19.2. The van der Waals surface area contributed by atoms with E-state index in [9.17, 15) is 4.79 Å². The lowest BCUT2D eigenvalue weighted by Gasteiger charge is -2.20. The van der Waals surface area contributed by atoms with Crippen LogP contribution in [0.1, 0.15) is 26.6 Å². The van der Waals surface area contributed by atoms with Crippen LogP contribution in [-0.4, -0.2) is 27.2 Å². The minimum absolute atomic E-state index is 0.0164. The second-order valence-electron chi connectivity index (χ2n) is 7.15. The fraction of sp³-hybridized carbons (Fsp3) is 0.286. The molecule has 2 aromatic carbocycles. The van der Waals surface area contributed by atoms with Crippen molar-refractivity contribution in [2.75, 3.05) is 5.75 Å². The maximum atomic E-state index is 12.2. The third kappa shape index (κ3) is 5.69. The van der Waals surface area contributed by atoms with Crippen LogP contribution in [0.15, 0.2) is 59.6 Å². The lowest BCUT2D eigenvalue weighted by Crippen LogP contribution is -2.41. The van der Waals surface area contributed by atoms with E-state index in [0.29, 0.717) is 11.6 Å². The van der Waals surface area contributed by atoms with Crippen LogP contribution in [0, 0.1) is 0 Å². The van der Waals surface area contributed by atoms with Gasteiger partial charge in [0, 0.05) is 10.9 Å². The summed E-state index contributed by atoms with van der Waals surface area (Å²) in [5, 5.41) is 4.70. The quantitative estimate of drug-likeness (QED) is 0.512. The number of hydrogen-bond donors (Lipinski definition) is 1. The molecule has 0 fully saturated rings. The molecule has 1 aromatic heterocycles. The van der Waals surface area contributed by atoms with Gasteiger partial charge >= 0.3 is 0 Å². The molecule has 0 aliphatic carbocycles. The fourth-order valence-corrected chi connectivity index (χ4v) is 3.36. The number of hydrogen-bond acceptors (Lipinski definition) is 5. The first-order valence-electron chi connectivity index (χ1n) is 8.78. The van der Waals surface area contributed by atoms with Crippen molar-refractivity contribution in [3.63, 3.8) is 0 Å². The number of nitrogens with zero attached hydrogens (tertiary/aromatic N) is 2. The predicted molar refractivity (Wildman–Crippen MR) is 109 cm³/mol. The van der Waals surface area contributed by atoms with E-state index < -0.39 is 0 Å². The van der Waals surface area contributed by atoms with Crippen molar-refractivity contribution in [2.24, 2.45) is 0 Å². The summed E-state index contributed by atoms with van der Waals surface area (Å²) in [4.78, 5) is 21.4. The zero-order valence-corrected chi connectivity index (χ0v) is 16.5. The monoisotopic (exact) mass is 381 g/mol. The van der Waals surface area contributed by atoms with Gasteiger partial charge in [-0.3, -0.25) is 4.79 Å². The van der Waals surface area contributed by atoms with Crippen molar-refractivity contribution < 1.29 is 9.53 Å². The highest BCUT2D eigenvalue weighted by Crippen LogP contribution is 2.25. The molecule has 0 radical (unpaired) electrons. The number of thioether (sulfide) groups is 1. The normalized spacial score (nSPS) is 11.4. The average Bonchev–Trinajstić information content (AvgIpc) is 2.64. The lowest BCUT2D eigenvalue weighted by atomic mass is 10.1. The Bertz CT molecular complexity index is 924. The molecule has 1 N–H and O–H groups in total. The van der Waals surface area contributed by atoms with Gasteiger partial charge < -0.3 is 10.1 Å². The maximum absolute atomic E-state index is 12.2. The minimum atomic E-state index is -0.250. The molecule has 140 valence electrons. The molecular formula is C21H23N3O2S. The van der Waals surface area contributed by atoms with Crippen LogP contribution in [0.3, 0.4) is 0 Å². The summed E-state index contributed by atoms with van der Waals surface area (Å²) in [5.74, 6) is 1.65. The summed E-state index contributed by atoms with van der Waals surface area (Å²) < 4.78 is 5.77. The van der Waals surface area contributed by atoms with Crippen molar-refractivity contribution in [3.05, 3.63) is 60.4 Å². The van der Waals surface area contributed by atoms with Gasteiger partial charge in [-0.2, -0.15) is 0 Å². The number of benzene rings is 2. The molecule has 0 aliphatic rings. The van der Waals surface area contributed by atoms with Gasteiger partial charge in [-0.25, -0.2) is 9.97 Å². The molecule has 0 saturated carbocycles. The number of para-hydroxylation sites is 2. The molecule has 27 heavy (non-hydrogen) atoms. The molecule has 0 bridgehead atoms. The van der Waals surface area contributed by atoms with Crippen LogP contribution in [0.25, 0.3) is 10.9 Å². The van der Waals surface area contributed by atoms with Crippen molar-refractivity contribution in [1.82, 2.24) is 15.3 Å². The highest BCUT2D eigenvalue weighted by atomic mass is 32.2. The van der Waals surface area contributed by atoms with Gasteiger partial charge in [0.25, 0.3) is 0 Å². The molecule has 1 amide bonds. The van der Waals surface area contributed by atoms with E-state index in [1.54, 1.807) is 0 Å². The topological polar surface area (TPSA) is 64.1 Å². The van der Waals surface area contributed by atoms with Crippen molar-refractivity contribution in [1.29, 1.82) is 0 Å². The van der Waals surface area contributed by atoms with Gasteiger partial charge in [0.2, 0.25) is 5.91 Å². The van der Waals surface area contributed by atoms with Gasteiger partial charge in [-0.15, -0.1) is 0 Å². The van der Waals surface area contributed by atoms with E-state index >= 15 is 0 Å². The van der Waals surface area contributed by atoms with Crippen LogP contribution < -0.4 is 10.1 Å². The molecule has 3 aromatic rings. The Morgan fingerprint density at radius 1 is 1.04 bits per heavy atom. The first-order valence-corrected chi connectivity index (χ1v) is 9.76. The SMILES string of the molecule is CC(C)(C)NC(=O)CSc1nc(COc2ccccc2)nc2ccccc12. The van der Waals surface area contributed by atoms with Gasteiger partial charge in [0.1, 0.15) is 17.4 Å². The van der Waals surface area contributed by atoms with Crippen LogP contribution in [0.2, 0.25) is 0 Å². The molecule has 0 unspecified atom stereocenters. The Balaban J connectivity index is 1.77. The Kier molecular flexibility index (Phi) is 5.96. The molecule has 0 spiro atoms. The minimum Gasteiger partial charge on any atom is -0.486 e. The third-order valence-corrected chi connectivity index (χ3v) is 4.57. The Hall–Kier alpha value is -2.60. The molecule has 5 nitrogen and oxygen atoms in total. The first-order chi connectivity index (χ1) is 12.9. The molecule has 0 atom stereocenters. The average molecular weight is 382 g/mol. The summed E-state index contributed by atoms with van der Waals surface area (Å²) in [7, 11) is 0. The number of aromatic nitrogens is 2. The summed E-state index contributed by atoms with van der Waals surface area (Å²) in [6.45, 7) is 6.18. The van der Waals surface area contributed by atoms with Crippen LogP contribution in [0.4, 0.5) is 0 Å². The smallest absolute Gasteiger partial charge is 0.230 e. The number of fused-ring (bicyclic) bond motifs is 1. The van der Waals surface area contributed by atoms with Crippen LogP contribution in [0.5, 0.6) is 5.75 Å². The number of carbonyl (C=O) groups excluding carboxylic acids is 1. The van der Waals surface area contributed by atoms with E-state index in [1.807, 2.05) is 75.4 Å². The molecule has 3 rings (SSSR count). The Morgan fingerprint density at radius 3 is 2.48 bits per heavy atom. The Morgan fingerprint density at radius 2 is 1.74 bits per heavy atom. The van der Waals surface area contributed by atoms with Gasteiger partial charge in [0.05, 0.1) is 11.3 Å². The third-order valence-electron chi connectivity index (χ3n) is 3.58. The van der Waals surface area contributed by atoms with Crippen LogP contribution in [-0.2, 0) is 11.4 Å². The zero-order chi connectivity index (χ0) is 19.3. The highest BCUT2D eigenvalue weighted by molar-refractivity contribution is 8.00. The predicted octanol–water partition coefficient (Wildman–Crippen LogP) is 4.22. The van der Waals surface area contributed by atoms with Crippen molar-refractivity contribution >= 4 is 28.6 Å². The van der Waals surface area contributed by atoms with E-state index in [2.05, 4.69) is 15.3 Å². The zero-order valence-electron chi connectivity index (χ0n) is 15.7. The number of rotatable bonds is 6. The largest absolute Gasteiger partial charge is 0.486 e. The highest BCUT2D eigenvalue weighted by Gasteiger charge is 2.15. The number of amides is 1. The fourth-order valence-electron chi connectivity index (χ4n) is 2.52. The molecule has 1 heterocycles. The number of nitrogens with one attached hydrogen (secondary N) is 1. The van der Waals surface area contributed by atoms with Crippen molar-refractivity contribution in [2.45, 2.75) is 37.9 Å². The lowest BCUT2D eigenvalue weighted by molar-refractivity contribution is -0.119. The number of ether oxygens (including phenoxy) is 1. The molecule has 6 heteroatoms. The second-order valence-corrected chi connectivity index (χ2v) is 8.11. The van der Waals surface area contributed by atoms with Crippen LogP contribution >= 0.6 is 11.8 Å². The van der Waals surface area contributed by atoms with E-state index in [4.69, 9.17) is 4.74 Å².